The Morgan fingerprint density at radius 1 is 1.10 bits per heavy atom. The van der Waals surface area contributed by atoms with Gasteiger partial charge in [-0.3, -0.25) is 9.59 Å². The largest absolute Gasteiger partial charge is 0.351 e. The molecule has 0 fully saturated rings. The maximum atomic E-state index is 12.2. The van der Waals surface area contributed by atoms with Gasteiger partial charge in [-0.2, -0.15) is 0 Å². The zero-order valence-corrected chi connectivity index (χ0v) is 11.6. The molecule has 1 aromatic heterocycles. The van der Waals surface area contributed by atoms with Crippen LogP contribution >= 0.6 is 11.6 Å². The number of halogens is 1. The molecule has 0 radical (unpaired) electrons. The third kappa shape index (κ3) is 2.80. The Bertz CT molecular complexity index is 822. The van der Waals surface area contributed by atoms with E-state index in [0.29, 0.717) is 22.0 Å². The second-order valence-corrected chi connectivity index (χ2v) is 5.05. The summed E-state index contributed by atoms with van der Waals surface area (Å²) in [7, 11) is 0. The van der Waals surface area contributed by atoms with Gasteiger partial charge in [-0.25, -0.2) is 0 Å². The molecule has 2 aromatic carbocycles. The maximum Gasteiger partial charge on any atom is 0.272 e. The molecule has 0 spiro atoms. The number of aromatic amines is 1. The van der Waals surface area contributed by atoms with Crippen LogP contribution in [0.5, 0.6) is 0 Å². The monoisotopic (exact) mass is 298 g/mol. The molecule has 1 amide bonds. The SMILES string of the molecule is O=Cc1ccc(NC(=O)c2cc3cc(Cl)ccc3[nH]2)cc1. The van der Waals surface area contributed by atoms with Gasteiger partial charge in [0.05, 0.1) is 0 Å². The van der Waals surface area contributed by atoms with Crippen molar-refractivity contribution in [2.75, 3.05) is 5.32 Å². The molecule has 0 unspecified atom stereocenters. The Labute approximate surface area is 125 Å². The van der Waals surface area contributed by atoms with Crippen molar-refractivity contribution in [2.45, 2.75) is 0 Å². The molecule has 0 saturated carbocycles. The van der Waals surface area contributed by atoms with Crippen LogP contribution in [0, 0.1) is 0 Å². The highest BCUT2D eigenvalue weighted by Crippen LogP contribution is 2.20. The number of carbonyl (C=O) groups excluding carboxylic acids is 2. The molecule has 4 nitrogen and oxygen atoms in total. The van der Waals surface area contributed by atoms with Crippen LogP contribution in [0.2, 0.25) is 5.02 Å². The fourth-order valence-corrected chi connectivity index (χ4v) is 2.25. The summed E-state index contributed by atoms with van der Waals surface area (Å²) < 4.78 is 0. The average molecular weight is 299 g/mol. The number of hydrogen-bond donors (Lipinski definition) is 2. The van der Waals surface area contributed by atoms with Gasteiger partial charge in [0.15, 0.2) is 0 Å². The second kappa shape index (κ2) is 5.42. The molecule has 104 valence electrons. The van der Waals surface area contributed by atoms with E-state index in [1.54, 1.807) is 42.5 Å². The fraction of sp³-hybridized carbons (Fsp3) is 0. The van der Waals surface area contributed by atoms with Gasteiger partial charge in [0, 0.05) is 27.2 Å². The first kappa shape index (κ1) is 13.4. The predicted molar refractivity (Wildman–Crippen MR) is 83.1 cm³/mol. The molecule has 0 bridgehead atoms. The van der Waals surface area contributed by atoms with Crippen LogP contribution in [0.3, 0.4) is 0 Å². The van der Waals surface area contributed by atoms with Crippen molar-refractivity contribution in [3.05, 3.63) is 64.8 Å². The third-order valence-electron chi connectivity index (χ3n) is 3.13. The minimum Gasteiger partial charge on any atom is -0.351 e. The van der Waals surface area contributed by atoms with Gasteiger partial charge in [0.1, 0.15) is 12.0 Å². The van der Waals surface area contributed by atoms with E-state index in [4.69, 9.17) is 11.6 Å². The summed E-state index contributed by atoms with van der Waals surface area (Å²) in [6.07, 6.45) is 0.757. The van der Waals surface area contributed by atoms with Crippen molar-refractivity contribution < 1.29 is 9.59 Å². The minimum atomic E-state index is -0.249. The average Bonchev–Trinajstić information content (AvgIpc) is 2.91. The quantitative estimate of drug-likeness (QED) is 0.721. The molecule has 0 aliphatic carbocycles. The number of H-pyrrole nitrogens is 1. The number of carbonyl (C=O) groups is 2. The van der Waals surface area contributed by atoms with Crippen molar-refractivity contribution in [1.29, 1.82) is 0 Å². The predicted octanol–water partition coefficient (Wildman–Crippen LogP) is 3.89. The van der Waals surface area contributed by atoms with Crippen molar-refractivity contribution in [2.24, 2.45) is 0 Å². The number of fused-ring (bicyclic) bond motifs is 1. The first-order chi connectivity index (χ1) is 10.2. The molecule has 0 atom stereocenters. The Morgan fingerprint density at radius 3 is 2.57 bits per heavy atom. The molecule has 3 aromatic rings. The lowest BCUT2D eigenvalue weighted by molar-refractivity contribution is 0.102. The van der Waals surface area contributed by atoms with Gasteiger partial charge < -0.3 is 10.3 Å². The number of amides is 1. The maximum absolute atomic E-state index is 12.2. The summed E-state index contributed by atoms with van der Waals surface area (Å²) in [5, 5.41) is 4.27. The zero-order valence-electron chi connectivity index (χ0n) is 10.9. The van der Waals surface area contributed by atoms with Crippen LogP contribution in [-0.2, 0) is 0 Å². The highest BCUT2D eigenvalue weighted by Gasteiger charge is 2.10. The van der Waals surface area contributed by atoms with Crippen molar-refractivity contribution in [1.82, 2.24) is 4.98 Å². The first-order valence-corrected chi connectivity index (χ1v) is 6.68. The van der Waals surface area contributed by atoms with Crippen LogP contribution in [0.4, 0.5) is 5.69 Å². The lowest BCUT2D eigenvalue weighted by Gasteiger charge is -2.03. The summed E-state index contributed by atoms with van der Waals surface area (Å²) in [4.78, 5) is 25.8. The summed E-state index contributed by atoms with van der Waals surface area (Å²) in [6.45, 7) is 0. The first-order valence-electron chi connectivity index (χ1n) is 6.30. The fourth-order valence-electron chi connectivity index (χ4n) is 2.07. The van der Waals surface area contributed by atoms with E-state index < -0.39 is 0 Å². The molecule has 3 rings (SSSR count). The van der Waals surface area contributed by atoms with Crippen LogP contribution in [0.25, 0.3) is 10.9 Å². The Balaban J connectivity index is 1.84. The van der Waals surface area contributed by atoms with Gasteiger partial charge in [0.25, 0.3) is 5.91 Å². The Kier molecular flexibility index (Phi) is 3.46. The molecule has 0 aliphatic rings. The van der Waals surface area contributed by atoms with Gasteiger partial charge in [-0.1, -0.05) is 11.6 Å². The smallest absolute Gasteiger partial charge is 0.272 e. The van der Waals surface area contributed by atoms with Crippen molar-refractivity contribution >= 4 is 40.4 Å². The summed E-state index contributed by atoms with van der Waals surface area (Å²) >= 11 is 5.92. The van der Waals surface area contributed by atoms with Gasteiger partial charge in [-0.15, -0.1) is 0 Å². The number of rotatable bonds is 3. The molecule has 5 heteroatoms. The zero-order chi connectivity index (χ0) is 14.8. The van der Waals surface area contributed by atoms with E-state index >= 15 is 0 Å². The van der Waals surface area contributed by atoms with Gasteiger partial charge in [-0.05, 0) is 48.5 Å². The molecule has 21 heavy (non-hydrogen) atoms. The van der Waals surface area contributed by atoms with E-state index in [-0.39, 0.29) is 5.91 Å². The number of benzene rings is 2. The van der Waals surface area contributed by atoms with E-state index in [0.717, 1.165) is 17.2 Å². The minimum absolute atomic E-state index is 0.249. The number of nitrogens with one attached hydrogen (secondary N) is 2. The Hall–Kier alpha value is -2.59. The molecule has 2 N–H and O–H groups in total. The topological polar surface area (TPSA) is 62.0 Å². The third-order valence-corrected chi connectivity index (χ3v) is 3.37. The number of aromatic nitrogens is 1. The van der Waals surface area contributed by atoms with E-state index in [9.17, 15) is 9.59 Å². The lowest BCUT2D eigenvalue weighted by atomic mass is 10.2. The molecule has 1 heterocycles. The molecule has 0 saturated heterocycles. The Morgan fingerprint density at radius 2 is 1.86 bits per heavy atom. The highest BCUT2D eigenvalue weighted by atomic mass is 35.5. The van der Waals surface area contributed by atoms with Crippen LogP contribution in [0.15, 0.2) is 48.5 Å². The number of hydrogen-bond acceptors (Lipinski definition) is 2. The summed E-state index contributed by atoms with van der Waals surface area (Å²) in [6, 6.07) is 13.8. The highest BCUT2D eigenvalue weighted by molar-refractivity contribution is 6.31. The lowest BCUT2D eigenvalue weighted by Crippen LogP contribution is -2.12. The second-order valence-electron chi connectivity index (χ2n) is 4.61. The molecular weight excluding hydrogens is 288 g/mol. The standard InChI is InChI=1S/C16H11ClN2O2/c17-12-3-6-14-11(7-12)8-15(19-14)16(21)18-13-4-1-10(9-20)2-5-13/h1-9,19H,(H,18,21). The normalized spacial score (nSPS) is 10.5. The van der Waals surface area contributed by atoms with Gasteiger partial charge in [0.2, 0.25) is 0 Å². The summed E-state index contributed by atoms with van der Waals surface area (Å²) in [5.41, 5.74) is 2.49. The number of aldehydes is 1. The molecular formula is C16H11ClN2O2. The molecule has 0 aliphatic heterocycles. The van der Waals surface area contributed by atoms with Crippen LogP contribution in [-0.4, -0.2) is 17.2 Å². The number of anilines is 1. The van der Waals surface area contributed by atoms with E-state index in [2.05, 4.69) is 10.3 Å². The summed E-state index contributed by atoms with van der Waals surface area (Å²) in [5.74, 6) is -0.249. The van der Waals surface area contributed by atoms with Crippen LogP contribution < -0.4 is 5.32 Å². The van der Waals surface area contributed by atoms with Crippen molar-refractivity contribution in [3.63, 3.8) is 0 Å². The van der Waals surface area contributed by atoms with Crippen molar-refractivity contribution in [3.8, 4) is 0 Å². The van der Waals surface area contributed by atoms with Gasteiger partial charge >= 0.3 is 0 Å². The van der Waals surface area contributed by atoms with E-state index in [1.807, 2.05) is 6.07 Å². The van der Waals surface area contributed by atoms with Crippen LogP contribution in [0.1, 0.15) is 20.8 Å². The van der Waals surface area contributed by atoms with E-state index in [1.165, 1.54) is 0 Å².